The van der Waals surface area contributed by atoms with Gasteiger partial charge in [-0.05, 0) is 30.2 Å². The van der Waals surface area contributed by atoms with Crippen molar-refractivity contribution in [3.05, 3.63) is 65.7 Å². The zero-order valence-corrected chi connectivity index (χ0v) is 15.9. The Morgan fingerprint density at radius 1 is 1.08 bits per heavy atom. The van der Waals surface area contributed by atoms with Crippen LogP contribution in [0.15, 0.2) is 59.5 Å². The number of morpholine rings is 1. The van der Waals surface area contributed by atoms with E-state index < -0.39 is 10.0 Å². The van der Waals surface area contributed by atoms with Gasteiger partial charge >= 0.3 is 0 Å². The fourth-order valence-corrected chi connectivity index (χ4v) is 5.22. The molecule has 0 amide bonds. The van der Waals surface area contributed by atoms with Crippen LogP contribution in [0, 0.1) is 0 Å². The first-order valence-electron chi connectivity index (χ1n) is 8.41. The molecular weight excluding hydrogens is 354 g/mol. The summed E-state index contributed by atoms with van der Waals surface area (Å²) in [5, 5.41) is 0.362. The van der Waals surface area contributed by atoms with E-state index in [1.54, 1.807) is 12.1 Å². The molecular formula is C19H23NO3S2. The Kier molecular flexibility index (Phi) is 6.17. The van der Waals surface area contributed by atoms with Gasteiger partial charge in [-0.1, -0.05) is 42.5 Å². The molecule has 0 bridgehead atoms. The summed E-state index contributed by atoms with van der Waals surface area (Å²) in [4.78, 5) is 0.375. The van der Waals surface area contributed by atoms with Crippen molar-refractivity contribution >= 4 is 21.8 Å². The zero-order valence-electron chi connectivity index (χ0n) is 14.3. The van der Waals surface area contributed by atoms with E-state index in [0.29, 0.717) is 36.4 Å². The molecule has 0 saturated carbocycles. The first-order valence-corrected chi connectivity index (χ1v) is 10.9. The molecule has 0 N–H and O–H groups in total. The number of benzene rings is 2. The van der Waals surface area contributed by atoms with Crippen molar-refractivity contribution in [1.29, 1.82) is 0 Å². The van der Waals surface area contributed by atoms with Gasteiger partial charge in [0.05, 0.1) is 18.1 Å². The number of sulfonamides is 1. The minimum atomic E-state index is -3.43. The maximum Gasteiger partial charge on any atom is 0.243 e. The summed E-state index contributed by atoms with van der Waals surface area (Å²) < 4.78 is 32.3. The molecule has 4 nitrogen and oxygen atoms in total. The number of thioether (sulfide) groups is 1. The first kappa shape index (κ1) is 18.5. The standard InChI is InChI=1S/C19H23NO3S2/c1-16(18-7-3-2-4-8-18)24-15-17-6-5-9-19(14-17)25(21,22)20-10-12-23-13-11-20/h2-9,14,16H,10-13,15H2,1H3/t16-/m1/s1. The molecule has 2 aromatic rings. The number of hydrogen-bond acceptors (Lipinski definition) is 4. The Morgan fingerprint density at radius 3 is 2.52 bits per heavy atom. The van der Waals surface area contributed by atoms with Crippen molar-refractivity contribution in [2.24, 2.45) is 0 Å². The van der Waals surface area contributed by atoms with Crippen LogP contribution in [0.25, 0.3) is 0 Å². The molecule has 0 aromatic heterocycles. The Balaban J connectivity index is 1.69. The molecule has 0 spiro atoms. The molecule has 1 fully saturated rings. The maximum absolute atomic E-state index is 12.8. The van der Waals surface area contributed by atoms with Gasteiger partial charge in [-0.15, -0.1) is 11.8 Å². The van der Waals surface area contributed by atoms with Crippen LogP contribution in [-0.4, -0.2) is 39.0 Å². The third-order valence-electron chi connectivity index (χ3n) is 4.28. The lowest BCUT2D eigenvalue weighted by atomic mass is 10.2. The summed E-state index contributed by atoms with van der Waals surface area (Å²) >= 11 is 1.81. The van der Waals surface area contributed by atoms with E-state index >= 15 is 0 Å². The topological polar surface area (TPSA) is 46.6 Å². The van der Waals surface area contributed by atoms with Gasteiger partial charge in [-0.3, -0.25) is 0 Å². The minimum absolute atomic E-state index is 0.362. The summed E-state index contributed by atoms with van der Waals surface area (Å²) in [5.74, 6) is 0.780. The number of hydrogen-bond donors (Lipinski definition) is 0. The van der Waals surface area contributed by atoms with Crippen molar-refractivity contribution in [2.75, 3.05) is 26.3 Å². The average molecular weight is 378 g/mol. The molecule has 1 aliphatic rings. The quantitative estimate of drug-likeness (QED) is 0.770. The van der Waals surface area contributed by atoms with Gasteiger partial charge in [0.15, 0.2) is 0 Å². The van der Waals surface area contributed by atoms with Crippen LogP contribution < -0.4 is 0 Å². The third kappa shape index (κ3) is 4.64. The molecule has 2 aromatic carbocycles. The second-order valence-electron chi connectivity index (χ2n) is 6.03. The lowest BCUT2D eigenvalue weighted by molar-refractivity contribution is 0.0730. The molecule has 1 aliphatic heterocycles. The van der Waals surface area contributed by atoms with Crippen LogP contribution >= 0.6 is 11.8 Å². The number of nitrogens with zero attached hydrogens (tertiary/aromatic N) is 1. The van der Waals surface area contributed by atoms with Crippen LogP contribution in [0.5, 0.6) is 0 Å². The van der Waals surface area contributed by atoms with Crippen LogP contribution in [-0.2, 0) is 20.5 Å². The molecule has 1 heterocycles. The van der Waals surface area contributed by atoms with E-state index in [1.807, 2.05) is 42.1 Å². The molecule has 25 heavy (non-hydrogen) atoms. The SMILES string of the molecule is C[C@@H](SCc1cccc(S(=O)(=O)N2CCOCC2)c1)c1ccccc1. The predicted molar refractivity (Wildman–Crippen MR) is 102 cm³/mol. The smallest absolute Gasteiger partial charge is 0.243 e. The summed E-state index contributed by atoms with van der Waals surface area (Å²) in [6.45, 7) is 3.94. The lowest BCUT2D eigenvalue weighted by Gasteiger charge is -2.26. The highest BCUT2D eigenvalue weighted by atomic mass is 32.2. The van der Waals surface area contributed by atoms with Crippen LogP contribution in [0.2, 0.25) is 0 Å². The summed E-state index contributed by atoms with van der Waals surface area (Å²) in [7, 11) is -3.43. The Morgan fingerprint density at radius 2 is 1.80 bits per heavy atom. The van der Waals surface area contributed by atoms with Gasteiger partial charge in [-0.25, -0.2) is 8.42 Å². The van der Waals surface area contributed by atoms with E-state index in [2.05, 4.69) is 19.1 Å². The summed E-state index contributed by atoms with van der Waals surface area (Å²) in [6, 6.07) is 17.6. The highest BCUT2D eigenvalue weighted by molar-refractivity contribution is 7.98. The zero-order chi connectivity index (χ0) is 17.7. The van der Waals surface area contributed by atoms with Crippen molar-refractivity contribution in [1.82, 2.24) is 4.31 Å². The fourth-order valence-electron chi connectivity index (χ4n) is 2.77. The molecule has 6 heteroatoms. The van der Waals surface area contributed by atoms with Crippen molar-refractivity contribution in [3.8, 4) is 0 Å². The van der Waals surface area contributed by atoms with Crippen molar-refractivity contribution < 1.29 is 13.2 Å². The van der Waals surface area contributed by atoms with Gasteiger partial charge in [0.25, 0.3) is 0 Å². The summed E-state index contributed by atoms with van der Waals surface area (Å²) in [5.41, 5.74) is 2.31. The van der Waals surface area contributed by atoms with Crippen LogP contribution in [0.1, 0.15) is 23.3 Å². The maximum atomic E-state index is 12.8. The van der Waals surface area contributed by atoms with Gasteiger partial charge in [-0.2, -0.15) is 4.31 Å². The first-order chi connectivity index (χ1) is 12.1. The largest absolute Gasteiger partial charge is 0.379 e. The molecule has 0 unspecified atom stereocenters. The molecule has 3 rings (SSSR count). The normalized spacial score (nSPS) is 17.3. The van der Waals surface area contributed by atoms with Crippen LogP contribution in [0.3, 0.4) is 0 Å². The van der Waals surface area contributed by atoms with E-state index in [9.17, 15) is 8.42 Å². The van der Waals surface area contributed by atoms with E-state index in [0.717, 1.165) is 11.3 Å². The second kappa shape index (κ2) is 8.36. The monoisotopic (exact) mass is 377 g/mol. The Hall–Kier alpha value is -1.34. The van der Waals surface area contributed by atoms with Gasteiger partial charge in [0.2, 0.25) is 10.0 Å². The lowest BCUT2D eigenvalue weighted by Crippen LogP contribution is -2.40. The number of ether oxygens (including phenoxy) is 1. The van der Waals surface area contributed by atoms with Gasteiger partial charge < -0.3 is 4.74 Å². The minimum Gasteiger partial charge on any atom is -0.379 e. The van der Waals surface area contributed by atoms with Gasteiger partial charge in [0.1, 0.15) is 0 Å². The second-order valence-corrected chi connectivity index (χ2v) is 9.29. The molecule has 0 aliphatic carbocycles. The van der Waals surface area contributed by atoms with Crippen LogP contribution in [0.4, 0.5) is 0 Å². The fraction of sp³-hybridized carbons (Fsp3) is 0.368. The average Bonchev–Trinajstić information content (AvgIpc) is 2.67. The third-order valence-corrected chi connectivity index (χ3v) is 7.44. The predicted octanol–water partition coefficient (Wildman–Crippen LogP) is 3.70. The molecule has 0 radical (unpaired) electrons. The van der Waals surface area contributed by atoms with E-state index in [1.165, 1.54) is 9.87 Å². The van der Waals surface area contributed by atoms with Crippen molar-refractivity contribution in [3.63, 3.8) is 0 Å². The summed E-state index contributed by atoms with van der Waals surface area (Å²) in [6.07, 6.45) is 0. The number of rotatable bonds is 6. The Bertz CT molecular complexity index is 787. The van der Waals surface area contributed by atoms with E-state index in [-0.39, 0.29) is 0 Å². The van der Waals surface area contributed by atoms with Crippen molar-refractivity contribution in [2.45, 2.75) is 22.8 Å². The van der Waals surface area contributed by atoms with E-state index in [4.69, 9.17) is 4.74 Å². The van der Waals surface area contributed by atoms with Gasteiger partial charge in [0, 0.05) is 24.1 Å². The molecule has 1 atom stereocenters. The molecule has 1 saturated heterocycles. The Labute approximate surface area is 154 Å². The highest BCUT2D eigenvalue weighted by Gasteiger charge is 2.26. The molecule has 134 valence electrons. The highest BCUT2D eigenvalue weighted by Crippen LogP contribution is 2.31.